The molecule has 0 aliphatic rings. The molecular formula is C16H18OSi. The molecule has 92 valence electrons. The van der Waals surface area contributed by atoms with Crippen molar-refractivity contribution < 1.29 is 4.74 Å². The zero-order chi connectivity index (χ0) is 12.8. The molecule has 2 heteroatoms. The van der Waals surface area contributed by atoms with Gasteiger partial charge < -0.3 is 4.74 Å². The summed E-state index contributed by atoms with van der Waals surface area (Å²) in [6, 6.07) is 20.9. The molecular weight excluding hydrogens is 236 g/mol. The fourth-order valence-electron chi connectivity index (χ4n) is 2.07. The minimum absolute atomic E-state index is 0.724. The minimum atomic E-state index is 0.724. The molecule has 0 aromatic heterocycles. The van der Waals surface area contributed by atoms with E-state index in [9.17, 15) is 0 Å². The van der Waals surface area contributed by atoms with Gasteiger partial charge >= 0.3 is 0 Å². The van der Waals surface area contributed by atoms with Gasteiger partial charge in [0.05, 0.1) is 22.2 Å². The van der Waals surface area contributed by atoms with Gasteiger partial charge in [0.1, 0.15) is 0 Å². The first kappa shape index (κ1) is 12.6. The maximum Gasteiger partial charge on any atom is 0.0842 e. The van der Waals surface area contributed by atoms with Crippen LogP contribution in [0.4, 0.5) is 0 Å². The van der Waals surface area contributed by atoms with Crippen LogP contribution in [0.5, 0.6) is 0 Å². The van der Waals surface area contributed by atoms with Crippen molar-refractivity contribution >= 4 is 15.8 Å². The standard InChI is InChI=1S/C16H18OSi/c1-2-17-16(18)15(13-9-5-3-6-10-13)14-11-7-4-8-12-14/h3-12H,2H2,1,18H3. The van der Waals surface area contributed by atoms with Gasteiger partial charge in [-0.1, -0.05) is 60.7 Å². The third kappa shape index (κ3) is 2.90. The van der Waals surface area contributed by atoms with Gasteiger partial charge in [0.2, 0.25) is 0 Å². The molecule has 0 spiro atoms. The molecule has 2 rings (SSSR count). The van der Waals surface area contributed by atoms with E-state index in [1.807, 2.05) is 19.1 Å². The summed E-state index contributed by atoms with van der Waals surface area (Å²) in [4.78, 5) is 0. The van der Waals surface area contributed by atoms with Gasteiger partial charge in [0, 0.05) is 5.57 Å². The van der Waals surface area contributed by atoms with E-state index in [0.717, 1.165) is 22.2 Å². The first-order valence-corrected chi connectivity index (χ1v) is 7.27. The van der Waals surface area contributed by atoms with Gasteiger partial charge in [-0.3, -0.25) is 0 Å². The van der Waals surface area contributed by atoms with E-state index in [1.165, 1.54) is 16.7 Å². The van der Waals surface area contributed by atoms with Crippen LogP contribution in [0.2, 0.25) is 0 Å². The van der Waals surface area contributed by atoms with E-state index in [1.54, 1.807) is 0 Å². The molecule has 0 unspecified atom stereocenters. The van der Waals surface area contributed by atoms with Crippen molar-refractivity contribution in [3.63, 3.8) is 0 Å². The molecule has 0 radical (unpaired) electrons. The topological polar surface area (TPSA) is 9.23 Å². The lowest BCUT2D eigenvalue weighted by Gasteiger charge is -2.13. The summed E-state index contributed by atoms with van der Waals surface area (Å²) in [5.41, 5.74) is 3.68. The highest BCUT2D eigenvalue weighted by atomic mass is 28.1. The zero-order valence-corrected chi connectivity index (χ0v) is 12.9. The molecule has 0 amide bonds. The highest BCUT2D eigenvalue weighted by Gasteiger charge is 2.08. The van der Waals surface area contributed by atoms with Crippen LogP contribution in [0.1, 0.15) is 18.1 Å². The molecule has 2 aromatic rings. The van der Waals surface area contributed by atoms with Crippen molar-refractivity contribution in [1.29, 1.82) is 0 Å². The molecule has 0 fully saturated rings. The minimum Gasteiger partial charge on any atom is -0.504 e. The van der Waals surface area contributed by atoms with Crippen LogP contribution >= 0.6 is 0 Å². The zero-order valence-electron chi connectivity index (χ0n) is 10.9. The number of hydrogen-bond donors (Lipinski definition) is 0. The molecule has 1 nitrogen and oxygen atoms in total. The van der Waals surface area contributed by atoms with E-state index < -0.39 is 0 Å². The van der Waals surface area contributed by atoms with Gasteiger partial charge in [0.15, 0.2) is 0 Å². The van der Waals surface area contributed by atoms with E-state index in [2.05, 4.69) is 48.5 Å². The van der Waals surface area contributed by atoms with Gasteiger partial charge in [-0.25, -0.2) is 0 Å². The quantitative estimate of drug-likeness (QED) is 0.602. The second kappa shape index (κ2) is 6.22. The highest BCUT2D eigenvalue weighted by molar-refractivity contribution is 6.25. The van der Waals surface area contributed by atoms with E-state index in [4.69, 9.17) is 4.74 Å². The van der Waals surface area contributed by atoms with Crippen LogP contribution in [-0.2, 0) is 4.74 Å². The number of ether oxygens (including phenoxy) is 1. The monoisotopic (exact) mass is 254 g/mol. The van der Waals surface area contributed by atoms with Crippen molar-refractivity contribution in [3.8, 4) is 0 Å². The van der Waals surface area contributed by atoms with E-state index in [-0.39, 0.29) is 0 Å². The maximum atomic E-state index is 5.75. The number of benzene rings is 2. The Morgan fingerprint density at radius 2 is 1.33 bits per heavy atom. The Hall–Kier alpha value is -1.80. The fraction of sp³-hybridized carbons (Fsp3) is 0.125. The van der Waals surface area contributed by atoms with Gasteiger partial charge in [0.25, 0.3) is 0 Å². The van der Waals surface area contributed by atoms with E-state index in [0.29, 0.717) is 0 Å². The molecule has 2 aromatic carbocycles. The molecule has 0 bridgehead atoms. The fourth-order valence-corrected chi connectivity index (χ4v) is 2.94. The van der Waals surface area contributed by atoms with Crippen LogP contribution in [-0.4, -0.2) is 16.8 Å². The lowest BCUT2D eigenvalue weighted by Crippen LogP contribution is -1.99. The third-order valence-corrected chi connectivity index (χ3v) is 3.63. The normalized spacial score (nSPS) is 10.1. The summed E-state index contributed by atoms with van der Waals surface area (Å²) >= 11 is 0. The molecule has 0 heterocycles. The molecule has 0 saturated carbocycles. The Morgan fingerprint density at radius 3 is 1.72 bits per heavy atom. The Balaban J connectivity index is 2.52. The maximum absolute atomic E-state index is 5.75. The second-order valence-corrected chi connectivity index (χ2v) is 5.00. The Bertz CT molecular complexity index is 476. The SMILES string of the molecule is CCOC([SiH3])=C(c1ccccc1)c1ccccc1. The van der Waals surface area contributed by atoms with Crippen molar-refractivity contribution in [2.45, 2.75) is 6.92 Å². The Morgan fingerprint density at radius 1 is 0.889 bits per heavy atom. The van der Waals surface area contributed by atoms with Gasteiger partial charge in [-0.15, -0.1) is 0 Å². The summed E-state index contributed by atoms with van der Waals surface area (Å²) in [6.45, 7) is 2.76. The van der Waals surface area contributed by atoms with Crippen LogP contribution in [0.15, 0.2) is 66.0 Å². The number of hydrogen-bond acceptors (Lipinski definition) is 1. The Labute approximate surface area is 112 Å². The summed E-state index contributed by atoms with van der Waals surface area (Å²) in [5.74, 6) is 0. The number of rotatable bonds is 4. The summed E-state index contributed by atoms with van der Waals surface area (Å²) in [7, 11) is 0.909. The lowest BCUT2D eigenvalue weighted by molar-refractivity contribution is 0.256. The van der Waals surface area contributed by atoms with Crippen molar-refractivity contribution in [3.05, 3.63) is 77.2 Å². The lowest BCUT2D eigenvalue weighted by atomic mass is 9.99. The third-order valence-electron chi connectivity index (χ3n) is 2.84. The predicted molar refractivity (Wildman–Crippen MR) is 80.5 cm³/mol. The molecule has 0 saturated heterocycles. The van der Waals surface area contributed by atoms with Crippen molar-refractivity contribution in [1.82, 2.24) is 0 Å². The summed E-state index contributed by atoms with van der Waals surface area (Å²) < 4.78 is 5.75. The summed E-state index contributed by atoms with van der Waals surface area (Å²) in [6.07, 6.45) is 0. The second-order valence-electron chi connectivity index (χ2n) is 4.10. The van der Waals surface area contributed by atoms with Gasteiger partial charge in [-0.2, -0.15) is 0 Å². The smallest absolute Gasteiger partial charge is 0.0842 e. The van der Waals surface area contributed by atoms with Crippen molar-refractivity contribution in [2.24, 2.45) is 0 Å². The first-order chi connectivity index (χ1) is 8.83. The van der Waals surface area contributed by atoms with Crippen LogP contribution in [0.3, 0.4) is 0 Å². The first-order valence-electron chi connectivity index (χ1n) is 6.27. The molecule has 0 aliphatic heterocycles. The average Bonchev–Trinajstić information content (AvgIpc) is 2.42. The largest absolute Gasteiger partial charge is 0.504 e. The predicted octanol–water partition coefficient (Wildman–Crippen LogP) is 2.81. The van der Waals surface area contributed by atoms with Crippen molar-refractivity contribution in [2.75, 3.05) is 6.61 Å². The summed E-state index contributed by atoms with van der Waals surface area (Å²) in [5, 5.41) is 1.11. The van der Waals surface area contributed by atoms with Crippen LogP contribution in [0, 0.1) is 0 Å². The van der Waals surface area contributed by atoms with E-state index >= 15 is 0 Å². The van der Waals surface area contributed by atoms with Crippen LogP contribution in [0.25, 0.3) is 5.57 Å². The molecule has 0 aliphatic carbocycles. The molecule has 18 heavy (non-hydrogen) atoms. The Kier molecular flexibility index (Phi) is 4.37. The highest BCUT2D eigenvalue weighted by Crippen LogP contribution is 2.26. The molecule has 0 N–H and O–H groups in total. The van der Waals surface area contributed by atoms with Crippen LogP contribution < -0.4 is 0 Å². The average molecular weight is 254 g/mol. The molecule has 0 atom stereocenters. The van der Waals surface area contributed by atoms with Gasteiger partial charge in [-0.05, 0) is 18.1 Å².